The quantitative estimate of drug-likeness (QED) is 0.745. The van der Waals surface area contributed by atoms with E-state index >= 15 is 0 Å². The highest BCUT2D eigenvalue weighted by Gasteiger charge is 2.14. The van der Waals surface area contributed by atoms with E-state index in [1.165, 1.54) is 23.9 Å². The predicted octanol–water partition coefficient (Wildman–Crippen LogP) is 3.42. The molecule has 0 aliphatic rings. The van der Waals surface area contributed by atoms with Gasteiger partial charge in [0.2, 0.25) is 0 Å². The average molecular weight is 371 g/mol. The third-order valence-corrected chi connectivity index (χ3v) is 4.79. The van der Waals surface area contributed by atoms with Crippen molar-refractivity contribution in [1.82, 2.24) is 14.5 Å². The van der Waals surface area contributed by atoms with Crippen LogP contribution >= 0.6 is 11.8 Å². The summed E-state index contributed by atoms with van der Waals surface area (Å²) in [5.74, 6) is -0.0875. The zero-order valence-electron chi connectivity index (χ0n) is 14.6. The van der Waals surface area contributed by atoms with Gasteiger partial charge in [-0.1, -0.05) is 0 Å². The minimum Gasteiger partial charge on any atom is -0.363 e. The Labute approximate surface area is 155 Å². The summed E-state index contributed by atoms with van der Waals surface area (Å²) in [6.45, 7) is 0. The van der Waals surface area contributed by atoms with Crippen molar-refractivity contribution in [2.75, 3.05) is 24.3 Å². The molecule has 0 atom stereocenters. The van der Waals surface area contributed by atoms with Gasteiger partial charge in [0.15, 0.2) is 5.16 Å². The molecule has 0 aliphatic carbocycles. The van der Waals surface area contributed by atoms with E-state index in [0.29, 0.717) is 22.0 Å². The first-order chi connectivity index (χ1) is 12.4. The number of hydrogen-bond acceptors (Lipinski definition) is 5. The van der Waals surface area contributed by atoms with E-state index in [-0.39, 0.29) is 5.91 Å². The Morgan fingerprint density at radius 1 is 1.19 bits per heavy atom. The second-order valence-electron chi connectivity index (χ2n) is 5.81. The smallest absolute Gasteiger partial charge is 0.255 e. The average Bonchev–Trinajstić information content (AvgIpc) is 3.02. The highest BCUT2D eigenvalue weighted by atomic mass is 32.2. The molecule has 0 unspecified atom stereocenters. The highest BCUT2D eigenvalue weighted by Crippen LogP contribution is 2.33. The number of nitrogens with one attached hydrogen (secondary N) is 1. The van der Waals surface area contributed by atoms with Crippen molar-refractivity contribution in [3.8, 4) is 0 Å². The molecule has 3 rings (SSSR count). The molecule has 0 bridgehead atoms. The summed E-state index contributed by atoms with van der Waals surface area (Å²) in [7, 11) is 5.56. The number of hydrogen-bond donors (Lipinski definition) is 1. The fourth-order valence-corrected chi connectivity index (χ4v) is 3.11. The Kier molecular flexibility index (Phi) is 5.22. The summed E-state index contributed by atoms with van der Waals surface area (Å²) in [6, 6.07) is 7.59. The monoisotopic (exact) mass is 371 g/mol. The van der Waals surface area contributed by atoms with Gasteiger partial charge < -0.3 is 14.8 Å². The van der Waals surface area contributed by atoms with Crippen LogP contribution in [0.1, 0.15) is 10.4 Å². The Morgan fingerprint density at radius 2 is 2.00 bits per heavy atom. The van der Waals surface area contributed by atoms with Crippen LogP contribution in [0.5, 0.6) is 0 Å². The van der Waals surface area contributed by atoms with Gasteiger partial charge >= 0.3 is 0 Å². The number of anilines is 2. The maximum Gasteiger partial charge on any atom is 0.255 e. The van der Waals surface area contributed by atoms with E-state index in [4.69, 9.17) is 0 Å². The van der Waals surface area contributed by atoms with Crippen LogP contribution in [0.25, 0.3) is 0 Å². The van der Waals surface area contributed by atoms with Crippen molar-refractivity contribution in [1.29, 1.82) is 0 Å². The maximum atomic E-state index is 13.7. The molecule has 3 aromatic rings. The van der Waals surface area contributed by atoms with Crippen LogP contribution in [0, 0.1) is 5.82 Å². The van der Waals surface area contributed by atoms with Crippen LogP contribution in [0.3, 0.4) is 0 Å². The lowest BCUT2D eigenvalue weighted by molar-refractivity contribution is 0.102. The molecule has 0 spiro atoms. The van der Waals surface area contributed by atoms with Crippen LogP contribution in [-0.2, 0) is 7.05 Å². The molecule has 0 aliphatic heterocycles. The van der Waals surface area contributed by atoms with E-state index in [1.807, 2.05) is 31.9 Å². The topological polar surface area (TPSA) is 63.1 Å². The van der Waals surface area contributed by atoms with E-state index in [0.717, 1.165) is 5.16 Å². The molecule has 134 valence electrons. The minimum absolute atomic E-state index is 0.331. The van der Waals surface area contributed by atoms with Crippen LogP contribution in [0.15, 0.2) is 59.0 Å². The Balaban J connectivity index is 1.87. The minimum atomic E-state index is -0.423. The van der Waals surface area contributed by atoms with Crippen LogP contribution < -0.4 is 10.2 Å². The highest BCUT2D eigenvalue weighted by molar-refractivity contribution is 7.99. The normalized spacial score (nSPS) is 10.6. The van der Waals surface area contributed by atoms with Crippen LogP contribution in [0.4, 0.5) is 15.9 Å². The van der Waals surface area contributed by atoms with Crippen molar-refractivity contribution in [3.05, 3.63) is 60.3 Å². The largest absolute Gasteiger partial charge is 0.363 e. The summed E-state index contributed by atoms with van der Waals surface area (Å²) in [5, 5.41) is 3.52. The summed E-state index contributed by atoms with van der Waals surface area (Å²) in [5.41, 5.74) is 0.840. The molecule has 0 radical (unpaired) electrons. The summed E-state index contributed by atoms with van der Waals surface area (Å²) >= 11 is 1.35. The number of halogens is 1. The first-order valence-electron chi connectivity index (χ1n) is 7.83. The molecule has 8 heteroatoms. The fourth-order valence-electron chi connectivity index (χ4n) is 2.24. The molecular formula is C18H18FN5OS. The number of benzene rings is 1. The third kappa shape index (κ3) is 4.02. The number of rotatable bonds is 5. The number of aryl methyl sites for hydroxylation is 1. The second-order valence-corrected chi connectivity index (χ2v) is 6.82. The zero-order valence-corrected chi connectivity index (χ0v) is 15.4. The third-order valence-electron chi connectivity index (χ3n) is 3.63. The summed E-state index contributed by atoms with van der Waals surface area (Å²) in [4.78, 5) is 23.6. The Bertz CT molecular complexity index is 941. The van der Waals surface area contributed by atoms with Crippen LogP contribution in [0.2, 0.25) is 0 Å². The second kappa shape index (κ2) is 7.57. The van der Waals surface area contributed by atoms with Gasteiger partial charge in [-0.15, -0.1) is 0 Å². The van der Waals surface area contributed by atoms with Crippen molar-refractivity contribution in [2.24, 2.45) is 7.05 Å². The van der Waals surface area contributed by atoms with Crippen molar-refractivity contribution in [3.63, 3.8) is 0 Å². The van der Waals surface area contributed by atoms with E-state index < -0.39 is 5.82 Å². The lowest BCUT2D eigenvalue weighted by atomic mass is 10.2. The van der Waals surface area contributed by atoms with Gasteiger partial charge in [-0.3, -0.25) is 4.79 Å². The number of pyridine rings is 1. The number of amides is 1. The van der Waals surface area contributed by atoms with E-state index in [1.54, 1.807) is 35.5 Å². The van der Waals surface area contributed by atoms with Crippen molar-refractivity contribution < 1.29 is 9.18 Å². The van der Waals surface area contributed by atoms with E-state index in [2.05, 4.69) is 15.3 Å². The summed E-state index contributed by atoms with van der Waals surface area (Å²) in [6.07, 6.45) is 5.08. The molecule has 2 aromatic heterocycles. The first-order valence-corrected chi connectivity index (χ1v) is 8.65. The Morgan fingerprint density at radius 3 is 2.69 bits per heavy atom. The summed E-state index contributed by atoms with van der Waals surface area (Å²) < 4.78 is 15.6. The van der Waals surface area contributed by atoms with Crippen molar-refractivity contribution in [2.45, 2.75) is 10.1 Å². The molecule has 6 nitrogen and oxygen atoms in total. The number of nitrogens with zero attached hydrogens (tertiary/aromatic N) is 4. The lowest BCUT2D eigenvalue weighted by Crippen LogP contribution is -2.15. The molecule has 0 saturated heterocycles. The molecule has 1 aromatic carbocycles. The predicted molar refractivity (Wildman–Crippen MR) is 100 cm³/mol. The van der Waals surface area contributed by atoms with E-state index in [9.17, 15) is 9.18 Å². The molecule has 1 N–H and O–H groups in total. The van der Waals surface area contributed by atoms with Gasteiger partial charge in [-0.25, -0.2) is 14.4 Å². The molecule has 2 heterocycles. The number of aromatic nitrogens is 3. The first kappa shape index (κ1) is 17.9. The standard InChI is InChI=1S/C18H18FN5OS/c1-23(2)16-10-12(6-7-20-16)17(25)22-14-11-13(19)4-5-15(14)26-18-21-8-9-24(18)3/h4-11H,1-3H3,(H,22,25). The van der Waals surface area contributed by atoms with Crippen molar-refractivity contribution >= 4 is 29.2 Å². The van der Waals surface area contributed by atoms with Crippen LogP contribution in [-0.4, -0.2) is 34.5 Å². The SMILES string of the molecule is CN(C)c1cc(C(=O)Nc2cc(F)ccc2Sc2nccn2C)ccn1. The van der Waals surface area contributed by atoms with Gasteiger partial charge in [0, 0.05) is 50.2 Å². The molecule has 26 heavy (non-hydrogen) atoms. The molecule has 0 fully saturated rings. The number of carbonyl (C=O) groups excluding carboxylic acids is 1. The fraction of sp³-hybridized carbons (Fsp3) is 0.167. The maximum absolute atomic E-state index is 13.7. The Hall–Kier alpha value is -2.87. The van der Waals surface area contributed by atoms with Gasteiger partial charge in [0.05, 0.1) is 5.69 Å². The molecular weight excluding hydrogens is 353 g/mol. The molecule has 1 amide bonds. The van der Waals surface area contributed by atoms with Gasteiger partial charge in [-0.05, 0) is 42.1 Å². The number of imidazole rings is 1. The lowest BCUT2D eigenvalue weighted by Gasteiger charge is -2.13. The van der Waals surface area contributed by atoms with Gasteiger partial charge in [0.1, 0.15) is 11.6 Å². The zero-order chi connectivity index (χ0) is 18.7. The van der Waals surface area contributed by atoms with Gasteiger partial charge in [0.25, 0.3) is 5.91 Å². The van der Waals surface area contributed by atoms with Gasteiger partial charge in [-0.2, -0.15) is 0 Å². The number of carbonyl (C=O) groups is 1. The molecule has 0 saturated carbocycles.